The number of anilines is 1. The molecule has 1 aromatic rings. The van der Waals surface area contributed by atoms with Gasteiger partial charge in [0.25, 0.3) is 0 Å². The predicted octanol–water partition coefficient (Wildman–Crippen LogP) is 3.45. The van der Waals surface area contributed by atoms with Crippen molar-refractivity contribution in [1.82, 2.24) is 5.32 Å². The molecule has 10 heteroatoms. The van der Waals surface area contributed by atoms with Crippen LogP contribution >= 0.6 is 0 Å². The summed E-state index contributed by atoms with van der Waals surface area (Å²) in [7, 11) is -2.53. The van der Waals surface area contributed by atoms with E-state index >= 15 is 0 Å². The standard InChI is InChI=1S/C24H36N2O7S/c1-16(2)14-20(22(28)32-8)25-21(27)18(4)26(19-12-10-9-11-13-19)23(29)33-15-17(3)34(30,31)24(5,6)7/h9-13,16,18,20H,3,14-15H2,1-2,4-8H3,(H,25,27)/t18?,20-/m0/s1. The molecule has 0 bridgehead atoms. The van der Waals surface area contributed by atoms with Crippen LogP contribution in [0.15, 0.2) is 41.8 Å². The van der Waals surface area contributed by atoms with Crippen LogP contribution in [0.5, 0.6) is 0 Å². The lowest BCUT2D eigenvalue weighted by Crippen LogP contribution is -2.53. The normalized spacial score (nSPS) is 13.5. The molecule has 1 aromatic carbocycles. The molecular weight excluding hydrogens is 460 g/mol. The monoisotopic (exact) mass is 496 g/mol. The third kappa shape index (κ3) is 7.58. The van der Waals surface area contributed by atoms with Crippen LogP contribution in [0.4, 0.5) is 10.5 Å². The van der Waals surface area contributed by atoms with Crippen LogP contribution in [-0.2, 0) is 28.9 Å². The van der Waals surface area contributed by atoms with Gasteiger partial charge in [-0.15, -0.1) is 0 Å². The van der Waals surface area contributed by atoms with Crippen molar-refractivity contribution in [3.8, 4) is 0 Å². The second-order valence-corrected chi connectivity index (χ2v) is 12.1. The fraction of sp³-hybridized carbons (Fsp3) is 0.542. The highest BCUT2D eigenvalue weighted by atomic mass is 32.2. The van der Waals surface area contributed by atoms with Gasteiger partial charge in [0, 0.05) is 5.69 Å². The molecule has 2 amide bonds. The molecular formula is C24H36N2O7S. The van der Waals surface area contributed by atoms with Crippen molar-refractivity contribution in [3.05, 3.63) is 41.8 Å². The van der Waals surface area contributed by atoms with Gasteiger partial charge in [0.2, 0.25) is 5.91 Å². The van der Waals surface area contributed by atoms with E-state index in [9.17, 15) is 22.8 Å². The maximum atomic E-state index is 13.0. The molecule has 0 aliphatic rings. The minimum atomic E-state index is -3.76. The molecule has 0 spiro atoms. The number of carbonyl (C=O) groups is 3. The maximum absolute atomic E-state index is 13.0. The van der Waals surface area contributed by atoms with Gasteiger partial charge in [0.05, 0.1) is 16.8 Å². The number of hydrogen-bond donors (Lipinski definition) is 1. The zero-order valence-electron chi connectivity index (χ0n) is 21.0. The van der Waals surface area contributed by atoms with E-state index < -0.39 is 51.2 Å². The van der Waals surface area contributed by atoms with Crippen LogP contribution in [0.2, 0.25) is 0 Å². The Morgan fingerprint density at radius 1 is 1.09 bits per heavy atom. The van der Waals surface area contributed by atoms with Crippen LogP contribution in [0.3, 0.4) is 0 Å². The first-order valence-electron chi connectivity index (χ1n) is 10.9. The molecule has 1 N–H and O–H groups in total. The molecule has 0 saturated carbocycles. The summed E-state index contributed by atoms with van der Waals surface area (Å²) in [5, 5.41) is 2.64. The Morgan fingerprint density at radius 2 is 1.65 bits per heavy atom. The van der Waals surface area contributed by atoms with Crippen LogP contribution in [0, 0.1) is 5.92 Å². The number of ether oxygens (including phenoxy) is 2. The number of nitrogens with one attached hydrogen (secondary N) is 1. The first-order chi connectivity index (χ1) is 15.6. The van der Waals surface area contributed by atoms with Gasteiger partial charge in [-0.25, -0.2) is 18.0 Å². The predicted molar refractivity (Wildman–Crippen MR) is 131 cm³/mol. The number of esters is 1. The van der Waals surface area contributed by atoms with Gasteiger partial charge < -0.3 is 14.8 Å². The molecule has 2 atom stereocenters. The van der Waals surface area contributed by atoms with E-state index in [0.717, 1.165) is 4.90 Å². The summed E-state index contributed by atoms with van der Waals surface area (Å²) in [6.07, 6.45) is -0.580. The first kappa shape index (κ1) is 29.2. The maximum Gasteiger partial charge on any atom is 0.415 e. The molecule has 0 aliphatic carbocycles. The van der Waals surface area contributed by atoms with E-state index in [1.54, 1.807) is 30.3 Å². The summed E-state index contributed by atoms with van der Waals surface area (Å²) in [5.41, 5.74) is 0.359. The molecule has 9 nitrogen and oxygen atoms in total. The van der Waals surface area contributed by atoms with Crippen molar-refractivity contribution >= 4 is 33.5 Å². The average Bonchev–Trinajstić information content (AvgIpc) is 2.75. The fourth-order valence-corrected chi connectivity index (χ4v) is 4.12. The molecule has 0 aromatic heterocycles. The van der Waals surface area contributed by atoms with Gasteiger partial charge >= 0.3 is 12.1 Å². The summed E-state index contributed by atoms with van der Waals surface area (Å²) in [4.78, 5) is 39.0. The summed E-state index contributed by atoms with van der Waals surface area (Å²) in [6.45, 7) is 12.8. The number of sulfone groups is 1. The fourth-order valence-electron chi connectivity index (χ4n) is 3.04. The Hall–Kier alpha value is -2.88. The number of hydrogen-bond acceptors (Lipinski definition) is 7. The Morgan fingerprint density at radius 3 is 2.12 bits per heavy atom. The third-order valence-electron chi connectivity index (χ3n) is 5.05. The number of benzene rings is 1. The van der Waals surface area contributed by atoms with Crippen LogP contribution in [0.1, 0.15) is 48.0 Å². The number of amides is 2. The Kier molecular flexibility index (Phi) is 10.3. The molecule has 34 heavy (non-hydrogen) atoms. The number of nitrogens with zero attached hydrogens (tertiary/aromatic N) is 1. The Bertz CT molecular complexity index is 982. The number of para-hydroxylation sites is 1. The smallest absolute Gasteiger partial charge is 0.415 e. The highest BCUT2D eigenvalue weighted by Crippen LogP contribution is 2.24. The number of methoxy groups -OCH3 is 1. The largest absolute Gasteiger partial charge is 0.467 e. The van der Waals surface area contributed by atoms with Crippen molar-refractivity contribution in [2.45, 2.75) is 64.8 Å². The zero-order valence-corrected chi connectivity index (χ0v) is 21.8. The lowest BCUT2D eigenvalue weighted by molar-refractivity contribution is -0.145. The van der Waals surface area contributed by atoms with E-state index in [4.69, 9.17) is 9.47 Å². The van der Waals surface area contributed by atoms with Crippen molar-refractivity contribution in [2.24, 2.45) is 5.92 Å². The van der Waals surface area contributed by atoms with Gasteiger partial charge in [0.1, 0.15) is 18.7 Å². The van der Waals surface area contributed by atoms with Gasteiger partial charge in [0.15, 0.2) is 9.84 Å². The molecule has 190 valence electrons. The molecule has 1 unspecified atom stereocenters. The lowest BCUT2D eigenvalue weighted by Gasteiger charge is -2.29. The van der Waals surface area contributed by atoms with Crippen molar-refractivity contribution in [2.75, 3.05) is 18.6 Å². The van der Waals surface area contributed by atoms with Crippen molar-refractivity contribution in [1.29, 1.82) is 0 Å². The Labute approximate surface area is 202 Å². The van der Waals surface area contributed by atoms with Crippen LogP contribution in [-0.4, -0.2) is 56.9 Å². The van der Waals surface area contributed by atoms with Gasteiger partial charge in [-0.05, 0) is 52.2 Å². The molecule has 0 fully saturated rings. The van der Waals surface area contributed by atoms with Gasteiger partial charge in [-0.1, -0.05) is 38.6 Å². The zero-order chi connectivity index (χ0) is 26.3. The summed E-state index contributed by atoms with van der Waals surface area (Å²) < 4.78 is 34.0. The average molecular weight is 497 g/mol. The summed E-state index contributed by atoms with van der Waals surface area (Å²) in [5.74, 6) is -1.09. The SMILES string of the molecule is C=C(COC(=O)N(c1ccccc1)C(C)C(=O)N[C@@H](CC(C)C)C(=O)OC)S(=O)(=O)C(C)(C)C. The van der Waals surface area contributed by atoms with Crippen LogP contribution in [0.25, 0.3) is 0 Å². The summed E-state index contributed by atoms with van der Waals surface area (Å²) in [6, 6.07) is 6.35. The minimum Gasteiger partial charge on any atom is -0.467 e. The lowest BCUT2D eigenvalue weighted by atomic mass is 10.0. The molecule has 0 saturated heterocycles. The molecule has 0 heterocycles. The second kappa shape index (κ2) is 12.0. The quantitative estimate of drug-likeness (QED) is 0.493. The van der Waals surface area contributed by atoms with E-state index in [-0.39, 0.29) is 10.8 Å². The highest BCUT2D eigenvalue weighted by molar-refractivity contribution is 7.96. The molecule has 0 aliphatic heterocycles. The minimum absolute atomic E-state index is 0.102. The van der Waals surface area contributed by atoms with Crippen LogP contribution < -0.4 is 10.2 Å². The van der Waals surface area contributed by atoms with Crippen molar-refractivity contribution in [3.63, 3.8) is 0 Å². The van der Waals surface area contributed by atoms with Crippen molar-refractivity contribution < 1.29 is 32.3 Å². The van der Waals surface area contributed by atoms with Gasteiger partial charge in [-0.3, -0.25) is 9.69 Å². The second-order valence-electron chi connectivity index (χ2n) is 9.30. The highest BCUT2D eigenvalue weighted by Gasteiger charge is 2.35. The van der Waals surface area contributed by atoms with E-state index in [0.29, 0.717) is 12.1 Å². The first-order valence-corrected chi connectivity index (χ1v) is 12.4. The Balaban J connectivity index is 3.13. The topological polar surface area (TPSA) is 119 Å². The van der Waals surface area contributed by atoms with E-state index in [2.05, 4.69) is 11.9 Å². The molecule has 1 rings (SSSR count). The van der Waals surface area contributed by atoms with E-state index in [1.807, 2.05) is 13.8 Å². The third-order valence-corrected chi connectivity index (χ3v) is 7.54. The van der Waals surface area contributed by atoms with Gasteiger partial charge in [-0.2, -0.15) is 0 Å². The number of carbonyl (C=O) groups excluding carboxylic acids is 3. The number of rotatable bonds is 10. The molecule has 0 radical (unpaired) electrons. The van der Waals surface area contributed by atoms with E-state index in [1.165, 1.54) is 34.8 Å². The summed E-state index contributed by atoms with van der Waals surface area (Å²) >= 11 is 0.